The lowest BCUT2D eigenvalue weighted by Gasteiger charge is -2.25. The van der Waals surface area contributed by atoms with Crippen molar-refractivity contribution in [3.8, 4) is 0 Å². The molecular formula is C10H22N2O3S. The number of aliphatic hydroxyl groups excluding tert-OH is 1. The van der Waals surface area contributed by atoms with Crippen molar-refractivity contribution in [2.45, 2.75) is 26.7 Å². The Morgan fingerprint density at radius 1 is 1.44 bits per heavy atom. The highest BCUT2D eigenvalue weighted by Crippen LogP contribution is 2.31. The molecule has 1 aliphatic heterocycles. The van der Waals surface area contributed by atoms with Crippen LogP contribution < -0.4 is 0 Å². The third-order valence-corrected chi connectivity index (χ3v) is 4.93. The number of hydrogen-bond donors (Lipinski definition) is 1. The molecule has 1 rings (SSSR count). The summed E-state index contributed by atoms with van der Waals surface area (Å²) in [4.78, 5) is 0. The van der Waals surface area contributed by atoms with Crippen molar-refractivity contribution in [2.24, 2.45) is 5.41 Å². The molecule has 1 N–H and O–H groups in total. The lowest BCUT2D eigenvalue weighted by atomic mass is 9.93. The van der Waals surface area contributed by atoms with E-state index < -0.39 is 10.2 Å². The van der Waals surface area contributed by atoms with Crippen molar-refractivity contribution >= 4 is 10.2 Å². The van der Waals surface area contributed by atoms with Crippen LogP contribution in [0.5, 0.6) is 0 Å². The van der Waals surface area contributed by atoms with Gasteiger partial charge in [-0.25, -0.2) is 0 Å². The van der Waals surface area contributed by atoms with Gasteiger partial charge >= 0.3 is 0 Å². The van der Waals surface area contributed by atoms with Crippen LogP contribution in [0.1, 0.15) is 26.7 Å². The first kappa shape index (κ1) is 13.9. The molecule has 0 aromatic rings. The first-order valence-electron chi connectivity index (χ1n) is 5.62. The molecule has 0 unspecified atom stereocenters. The van der Waals surface area contributed by atoms with E-state index in [0.717, 1.165) is 6.42 Å². The average Bonchev–Trinajstić information content (AvgIpc) is 2.55. The molecule has 1 fully saturated rings. The number of nitrogens with zero attached hydrogens (tertiary/aromatic N) is 2. The van der Waals surface area contributed by atoms with Crippen molar-refractivity contribution < 1.29 is 13.5 Å². The van der Waals surface area contributed by atoms with Gasteiger partial charge in [-0.3, -0.25) is 0 Å². The second kappa shape index (κ2) is 5.00. The second-order valence-electron chi connectivity index (χ2n) is 5.15. The summed E-state index contributed by atoms with van der Waals surface area (Å²) in [6.45, 7) is 5.73. The fraction of sp³-hybridized carbons (Fsp3) is 1.00. The number of rotatable bonds is 5. The molecule has 5 nitrogen and oxygen atoms in total. The molecule has 0 radical (unpaired) electrons. The smallest absolute Gasteiger partial charge is 0.281 e. The van der Waals surface area contributed by atoms with Gasteiger partial charge in [0.05, 0.1) is 0 Å². The zero-order chi connectivity index (χ0) is 12.4. The van der Waals surface area contributed by atoms with E-state index in [2.05, 4.69) is 13.8 Å². The van der Waals surface area contributed by atoms with Crippen molar-refractivity contribution in [2.75, 3.05) is 33.3 Å². The molecule has 0 aromatic heterocycles. The van der Waals surface area contributed by atoms with Crippen LogP contribution in [-0.2, 0) is 10.2 Å². The van der Waals surface area contributed by atoms with E-state index in [0.29, 0.717) is 26.1 Å². The topological polar surface area (TPSA) is 60.9 Å². The normalized spacial score (nSPS) is 21.8. The Balaban J connectivity index is 2.64. The molecule has 0 atom stereocenters. The van der Waals surface area contributed by atoms with E-state index in [4.69, 9.17) is 5.11 Å². The predicted molar refractivity (Wildman–Crippen MR) is 63.2 cm³/mol. The molecule has 6 heteroatoms. The van der Waals surface area contributed by atoms with E-state index in [1.807, 2.05) is 0 Å². The highest BCUT2D eigenvalue weighted by Gasteiger charge is 2.37. The van der Waals surface area contributed by atoms with Crippen LogP contribution in [0, 0.1) is 5.41 Å². The van der Waals surface area contributed by atoms with E-state index in [9.17, 15) is 8.42 Å². The van der Waals surface area contributed by atoms with Crippen molar-refractivity contribution in [3.05, 3.63) is 0 Å². The minimum absolute atomic E-state index is 0.0192. The first-order chi connectivity index (χ1) is 7.29. The molecule has 1 heterocycles. The van der Waals surface area contributed by atoms with Gasteiger partial charge in [-0.05, 0) is 18.3 Å². The Bertz CT molecular complexity index is 327. The quantitative estimate of drug-likeness (QED) is 0.762. The maximum Gasteiger partial charge on any atom is 0.281 e. The highest BCUT2D eigenvalue weighted by molar-refractivity contribution is 7.86. The summed E-state index contributed by atoms with van der Waals surface area (Å²) in [5.41, 5.74) is 0.0743. The second-order valence-corrected chi connectivity index (χ2v) is 7.19. The summed E-state index contributed by atoms with van der Waals surface area (Å²) in [6.07, 6.45) is 1.38. The summed E-state index contributed by atoms with van der Waals surface area (Å²) in [5.74, 6) is 0. The van der Waals surface area contributed by atoms with Gasteiger partial charge < -0.3 is 5.11 Å². The van der Waals surface area contributed by atoms with Gasteiger partial charge in [0.2, 0.25) is 0 Å². The van der Waals surface area contributed by atoms with E-state index in [1.165, 1.54) is 8.61 Å². The van der Waals surface area contributed by atoms with Crippen molar-refractivity contribution in [1.29, 1.82) is 0 Å². The lowest BCUT2D eigenvalue weighted by Crippen LogP contribution is -2.41. The minimum Gasteiger partial charge on any atom is -0.396 e. The number of aliphatic hydroxyl groups is 1. The monoisotopic (exact) mass is 250 g/mol. The zero-order valence-corrected chi connectivity index (χ0v) is 11.1. The van der Waals surface area contributed by atoms with Crippen LogP contribution >= 0.6 is 0 Å². The van der Waals surface area contributed by atoms with Gasteiger partial charge in [0.1, 0.15) is 0 Å². The van der Waals surface area contributed by atoms with E-state index >= 15 is 0 Å². The summed E-state index contributed by atoms with van der Waals surface area (Å²) >= 11 is 0. The Hall–Kier alpha value is -0.170. The van der Waals surface area contributed by atoms with Gasteiger partial charge in [-0.15, -0.1) is 0 Å². The molecule has 1 saturated heterocycles. The molecule has 0 saturated carbocycles. The predicted octanol–water partition coefficient (Wildman–Crippen LogP) is 0.277. The first-order valence-corrected chi connectivity index (χ1v) is 7.01. The molecule has 96 valence electrons. The highest BCUT2D eigenvalue weighted by atomic mass is 32.2. The molecule has 0 bridgehead atoms. The van der Waals surface area contributed by atoms with E-state index in [-0.39, 0.29) is 12.0 Å². The summed E-state index contributed by atoms with van der Waals surface area (Å²) in [5, 5.41) is 8.69. The molecule has 0 spiro atoms. The van der Waals surface area contributed by atoms with Gasteiger partial charge in [0.25, 0.3) is 10.2 Å². The SMILES string of the molecule is CN(CCCO)S(=O)(=O)N1CCC(C)(C)C1. The summed E-state index contributed by atoms with van der Waals surface area (Å²) < 4.78 is 27.0. The molecule has 0 aromatic carbocycles. The largest absolute Gasteiger partial charge is 0.396 e. The van der Waals surface area contributed by atoms with Crippen LogP contribution in [0.3, 0.4) is 0 Å². The maximum absolute atomic E-state index is 12.1. The van der Waals surface area contributed by atoms with E-state index in [1.54, 1.807) is 7.05 Å². The van der Waals surface area contributed by atoms with Crippen LogP contribution in [0.4, 0.5) is 0 Å². The fourth-order valence-electron chi connectivity index (χ4n) is 1.87. The molecule has 1 aliphatic rings. The third kappa shape index (κ3) is 3.16. The van der Waals surface area contributed by atoms with Gasteiger partial charge in [-0.2, -0.15) is 17.0 Å². The van der Waals surface area contributed by atoms with Crippen LogP contribution in [-0.4, -0.2) is 55.4 Å². The lowest BCUT2D eigenvalue weighted by molar-refractivity contribution is 0.271. The van der Waals surface area contributed by atoms with Crippen LogP contribution in [0.25, 0.3) is 0 Å². The minimum atomic E-state index is -3.33. The Kier molecular flexibility index (Phi) is 4.34. The average molecular weight is 250 g/mol. The van der Waals surface area contributed by atoms with Crippen molar-refractivity contribution in [1.82, 2.24) is 8.61 Å². The van der Waals surface area contributed by atoms with Gasteiger partial charge in [0.15, 0.2) is 0 Å². The fourth-order valence-corrected chi connectivity index (χ4v) is 3.45. The summed E-state index contributed by atoms with van der Waals surface area (Å²) in [7, 11) is -1.76. The Labute approximate surface area is 98.2 Å². The molecule has 0 amide bonds. The molecule has 0 aliphatic carbocycles. The Morgan fingerprint density at radius 2 is 2.06 bits per heavy atom. The van der Waals surface area contributed by atoms with Gasteiger partial charge in [0, 0.05) is 33.3 Å². The third-order valence-electron chi connectivity index (χ3n) is 2.99. The molecular weight excluding hydrogens is 228 g/mol. The summed E-state index contributed by atoms with van der Waals surface area (Å²) in [6, 6.07) is 0. The number of hydrogen-bond acceptors (Lipinski definition) is 3. The van der Waals surface area contributed by atoms with Gasteiger partial charge in [-0.1, -0.05) is 13.8 Å². The Morgan fingerprint density at radius 3 is 2.50 bits per heavy atom. The van der Waals surface area contributed by atoms with Crippen molar-refractivity contribution in [3.63, 3.8) is 0 Å². The van der Waals surface area contributed by atoms with Crippen LogP contribution in [0.2, 0.25) is 0 Å². The maximum atomic E-state index is 12.1. The zero-order valence-electron chi connectivity index (χ0n) is 10.3. The molecule has 16 heavy (non-hydrogen) atoms. The standard InChI is InChI=1S/C10H22N2O3S/c1-10(2)5-7-12(9-10)16(14,15)11(3)6-4-8-13/h13H,4-9H2,1-3H3. The van der Waals surface area contributed by atoms with Crippen LogP contribution in [0.15, 0.2) is 0 Å².